The number of anilines is 1. The van der Waals surface area contributed by atoms with Crippen molar-refractivity contribution >= 4 is 17.0 Å². The van der Waals surface area contributed by atoms with Gasteiger partial charge < -0.3 is 31.1 Å². The number of nitrogens with zero attached hydrogens (tertiary/aromatic N) is 4. The van der Waals surface area contributed by atoms with E-state index in [1.165, 1.54) is 17.2 Å². The van der Waals surface area contributed by atoms with Gasteiger partial charge in [0, 0.05) is 13.1 Å². The lowest BCUT2D eigenvalue weighted by Crippen LogP contribution is -2.37. The van der Waals surface area contributed by atoms with Crippen molar-refractivity contribution < 1.29 is 20.1 Å². The number of ether oxygens (including phenoxy) is 1. The third-order valence-electron chi connectivity index (χ3n) is 4.58. The molecule has 10 nitrogen and oxygen atoms in total. The molecule has 10 heteroatoms. The molecule has 6 N–H and O–H groups in total. The van der Waals surface area contributed by atoms with E-state index in [4.69, 9.17) is 10.5 Å². The Balaban J connectivity index is 1.45. The van der Waals surface area contributed by atoms with Crippen LogP contribution < -0.4 is 11.1 Å². The number of aromatic nitrogens is 4. The predicted octanol–water partition coefficient (Wildman–Crippen LogP) is -0.477. The van der Waals surface area contributed by atoms with Gasteiger partial charge in [0.1, 0.15) is 35.9 Å². The first-order chi connectivity index (χ1) is 13.0. The Morgan fingerprint density at radius 1 is 1.19 bits per heavy atom. The number of benzene rings is 1. The average Bonchev–Trinajstić information content (AvgIpc) is 3.19. The zero-order valence-electron chi connectivity index (χ0n) is 14.3. The maximum Gasteiger partial charge on any atom is 0.167 e. The SMILES string of the molecule is Nc1ncnc2c1ncn2[C@@H]1O[C@H](CNCc2cccc(O)c2)[C@@H](O)[C@H]1O. The van der Waals surface area contributed by atoms with Gasteiger partial charge in [-0.15, -0.1) is 0 Å². The number of nitrogens with two attached hydrogens (primary N) is 1. The molecule has 1 fully saturated rings. The van der Waals surface area contributed by atoms with Crippen LogP contribution in [0.5, 0.6) is 5.75 Å². The Kier molecular flexibility index (Phi) is 4.62. The monoisotopic (exact) mass is 372 g/mol. The van der Waals surface area contributed by atoms with E-state index >= 15 is 0 Å². The summed E-state index contributed by atoms with van der Waals surface area (Å²) in [7, 11) is 0. The quantitative estimate of drug-likeness (QED) is 0.400. The van der Waals surface area contributed by atoms with Crippen LogP contribution in [0.3, 0.4) is 0 Å². The number of aliphatic hydroxyl groups excluding tert-OH is 2. The highest BCUT2D eigenvalue weighted by Gasteiger charge is 2.44. The number of imidazole rings is 1. The van der Waals surface area contributed by atoms with E-state index in [1.807, 2.05) is 6.07 Å². The van der Waals surface area contributed by atoms with Gasteiger partial charge in [0.2, 0.25) is 0 Å². The molecule has 0 bridgehead atoms. The first-order valence-electron chi connectivity index (χ1n) is 8.48. The number of hydrogen-bond donors (Lipinski definition) is 5. The van der Waals surface area contributed by atoms with Gasteiger partial charge in [-0.25, -0.2) is 15.0 Å². The summed E-state index contributed by atoms with van der Waals surface area (Å²) in [5.41, 5.74) is 7.51. The van der Waals surface area contributed by atoms with Crippen molar-refractivity contribution in [1.29, 1.82) is 0 Å². The number of nitrogens with one attached hydrogen (secondary N) is 1. The minimum absolute atomic E-state index is 0.190. The van der Waals surface area contributed by atoms with E-state index < -0.39 is 24.5 Å². The van der Waals surface area contributed by atoms with Crippen molar-refractivity contribution in [1.82, 2.24) is 24.8 Å². The zero-order chi connectivity index (χ0) is 19.0. The van der Waals surface area contributed by atoms with Crippen LogP contribution in [0, 0.1) is 0 Å². The molecule has 3 heterocycles. The van der Waals surface area contributed by atoms with Gasteiger partial charge in [0.05, 0.1) is 6.33 Å². The lowest BCUT2D eigenvalue weighted by atomic mass is 10.1. The topological polar surface area (TPSA) is 152 Å². The smallest absolute Gasteiger partial charge is 0.167 e. The molecule has 0 amide bonds. The second-order valence-electron chi connectivity index (χ2n) is 6.43. The van der Waals surface area contributed by atoms with Crippen molar-refractivity contribution in [3.05, 3.63) is 42.5 Å². The van der Waals surface area contributed by atoms with Crippen molar-refractivity contribution in [2.24, 2.45) is 0 Å². The molecule has 3 aromatic rings. The summed E-state index contributed by atoms with van der Waals surface area (Å²) >= 11 is 0. The van der Waals surface area contributed by atoms with Gasteiger partial charge in [-0.05, 0) is 17.7 Å². The molecule has 1 saturated heterocycles. The van der Waals surface area contributed by atoms with E-state index in [1.54, 1.807) is 18.2 Å². The lowest BCUT2D eigenvalue weighted by molar-refractivity contribution is -0.0342. The molecule has 4 rings (SSSR count). The van der Waals surface area contributed by atoms with Crippen LogP contribution >= 0.6 is 0 Å². The van der Waals surface area contributed by atoms with Crippen LogP contribution in [0.15, 0.2) is 36.9 Å². The zero-order valence-corrected chi connectivity index (χ0v) is 14.3. The normalized spacial score (nSPS) is 25.3. The summed E-state index contributed by atoms with van der Waals surface area (Å²) in [4.78, 5) is 12.2. The molecule has 2 aromatic heterocycles. The van der Waals surface area contributed by atoms with Crippen molar-refractivity contribution in [3.63, 3.8) is 0 Å². The standard InChI is InChI=1S/C17H20N6O4/c18-15-12-16(21-7-20-15)23(8-22-12)17-14(26)13(25)11(27-17)6-19-5-9-2-1-3-10(24)4-9/h1-4,7-8,11,13-14,17,19,24-26H,5-6H2,(H2,18,20,21)/t11-,13-,14-,17-/m1/s1. The molecule has 1 aliphatic heterocycles. The molecule has 0 radical (unpaired) electrons. The highest BCUT2D eigenvalue weighted by Crippen LogP contribution is 2.31. The summed E-state index contributed by atoms with van der Waals surface area (Å²) < 4.78 is 7.39. The van der Waals surface area contributed by atoms with Crippen LogP contribution in [0.4, 0.5) is 5.82 Å². The Bertz CT molecular complexity index is 948. The maximum atomic E-state index is 10.4. The number of phenols is 1. The molecule has 0 spiro atoms. The fourth-order valence-corrected chi connectivity index (χ4v) is 3.21. The molecular weight excluding hydrogens is 352 g/mol. The number of aliphatic hydroxyl groups is 2. The lowest BCUT2D eigenvalue weighted by Gasteiger charge is -2.16. The molecule has 1 aromatic carbocycles. The van der Waals surface area contributed by atoms with Crippen molar-refractivity contribution in [2.45, 2.75) is 31.1 Å². The number of fused-ring (bicyclic) bond motifs is 1. The van der Waals surface area contributed by atoms with Crippen molar-refractivity contribution in [2.75, 3.05) is 12.3 Å². The van der Waals surface area contributed by atoms with E-state index in [2.05, 4.69) is 20.3 Å². The predicted molar refractivity (Wildman–Crippen MR) is 95.5 cm³/mol. The highest BCUT2D eigenvalue weighted by atomic mass is 16.6. The fraction of sp³-hybridized carbons (Fsp3) is 0.353. The molecular formula is C17H20N6O4. The summed E-state index contributed by atoms with van der Waals surface area (Å²) in [6.07, 6.45) is -0.930. The average molecular weight is 372 g/mol. The number of hydrogen-bond acceptors (Lipinski definition) is 9. The summed E-state index contributed by atoms with van der Waals surface area (Å²) in [5, 5.41) is 33.4. The van der Waals surface area contributed by atoms with Crippen LogP contribution in [0.1, 0.15) is 11.8 Å². The second kappa shape index (κ2) is 7.08. The molecule has 1 aliphatic rings. The maximum absolute atomic E-state index is 10.4. The summed E-state index contributed by atoms with van der Waals surface area (Å²) in [6, 6.07) is 6.88. The molecule has 0 saturated carbocycles. The first kappa shape index (κ1) is 17.6. The Morgan fingerprint density at radius 3 is 2.85 bits per heavy atom. The highest BCUT2D eigenvalue weighted by molar-refractivity contribution is 5.81. The Morgan fingerprint density at radius 2 is 2.04 bits per heavy atom. The van der Waals surface area contributed by atoms with Crippen LogP contribution in [0.2, 0.25) is 0 Å². The van der Waals surface area contributed by atoms with E-state index in [9.17, 15) is 15.3 Å². The first-order valence-corrected chi connectivity index (χ1v) is 8.48. The molecule has 142 valence electrons. The third-order valence-corrected chi connectivity index (χ3v) is 4.58. The van der Waals surface area contributed by atoms with Crippen LogP contribution in [-0.2, 0) is 11.3 Å². The molecule has 27 heavy (non-hydrogen) atoms. The number of phenolic OH excluding ortho intramolecular Hbond substituents is 1. The Hall–Kier alpha value is -2.79. The second-order valence-corrected chi connectivity index (χ2v) is 6.43. The van der Waals surface area contributed by atoms with E-state index in [0.29, 0.717) is 24.3 Å². The molecule has 0 aliphatic carbocycles. The summed E-state index contributed by atoms with van der Waals surface area (Å²) in [6.45, 7) is 0.799. The van der Waals surface area contributed by atoms with Gasteiger partial charge in [0.25, 0.3) is 0 Å². The van der Waals surface area contributed by atoms with E-state index in [0.717, 1.165) is 5.56 Å². The number of rotatable bonds is 5. The van der Waals surface area contributed by atoms with Gasteiger partial charge >= 0.3 is 0 Å². The van der Waals surface area contributed by atoms with Gasteiger partial charge in [0.15, 0.2) is 17.7 Å². The molecule has 4 atom stereocenters. The van der Waals surface area contributed by atoms with Crippen LogP contribution in [0.25, 0.3) is 11.2 Å². The number of aromatic hydroxyl groups is 1. The minimum atomic E-state index is -1.15. The number of nitrogen functional groups attached to an aromatic ring is 1. The fourth-order valence-electron chi connectivity index (χ4n) is 3.21. The van der Waals surface area contributed by atoms with Crippen LogP contribution in [-0.4, -0.2) is 59.7 Å². The largest absolute Gasteiger partial charge is 0.508 e. The van der Waals surface area contributed by atoms with E-state index in [-0.39, 0.29) is 11.6 Å². The van der Waals surface area contributed by atoms with Crippen molar-refractivity contribution in [3.8, 4) is 5.75 Å². The third kappa shape index (κ3) is 3.30. The van der Waals surface area contributed by atoms with Gasteiger partial charge in [-0.3, -0.25) is 4.57 Å². The minimum Gasteiger partial charge on any atom is -0.508 e. The summed E-state index contributed by atoms with van der Waals surface area (Å²) in [5.74, 6) is 0.423. The molecule has 0 unspecified atom stereocenters. The Labute approximate surface area is 154 Å². The van der Waals surface area contributed by atoms with Gasteiger partial charge in [-0.1, -0.05) is 12.1 Å². The van der Waals surface area contributed by atoms with Gasteiger partial charge in [-0.2, -0.15) is 0 Å².